The number of sulfonamides is 1. The molecule has 1 amide bonds. The topological polar surface area (TPSA) is 75.7 Å². The molecule has 0 spiro atoms. The summed E-state index contributed by atoms with van der Waals surface area (Å²) in [6.07, 6.45) is 2.28. The van der Waals surface area contributed by atoms with Gasteiger partial charge in [0.05, 0.1) is 17.4 Å². The number of amides is 1. The number of nitrogens with one attached hydrogen (secondary N) is 1. The van der Waals surface area contributed by atoms with E-state index >= 15 is 0 Å². The highest BCUT2D eigenvalue weighted by Gasteiger charge is 2.27. The van der Waals surface area contributed by atoms with Crippen LogP contribution in [0.5, 0.6) is 5.75 Å². The molecular formula is C17H25ClN2O4S. The number of rotatable bonds is 8. The maximum Gasteiger partial charge on any atom is 0.220 e. The van der Waals surface area contributed by atoms with Crippen LogP contribution in [-0.4, -0.2) is 50.1 Å². The van der Waals surface area contributed by atoms with Crippen molar-refractivity contribution >= 4 is 27.5 Å². The smallest absolute Gasteiger partial charge is 0.220 e. The first-order chi connectivity index (χ1) is 11.9. The number of nitrogens with zero attached hydrogens (tertiary/aromatic N) is 1. The fourth-order valence-corrected chi connectivity index (χ4v) is 4.06. The number of piperidine rings is 1. The molecule has 0 atom stereocenters. The summed E-state index contributed by atoms with van der Waals surface area (Å²) in [6.45, 7) is 3.01. The van der Waals surface area contributed by atoms with Gasteiger partial charge in [-0.05, 0) is 38.3 Å². The van der Waals surface area contributed by atoms with Crippen LogP contribution in [0.25, 0.3) is 0 Å². The van der Waals surface area contributed by atoms with Crippen molar-refractivity contribution < 1.29 is 17.9 Å². The van der Waals surface area contributed by atoms with Gasteiger partial charge < -0.3 is 10.1 Å². The number of benzene rings is 1. The van der Waals surface area contributed by atoms with Crippen molar-refractivity contribution in [3.63, 3.8) is 0 Å². The van der Waals surface area contributed by atoms with Crippen LogP contribution in [0.1, 0.15) is 32.6 Å². The number of hydrogen-bond acceptors (Lipinski definition) is 4. The van der Waals surface area contributed by atoms with Crippen molar-refractivity contribution in [1.82, 2.24) is 9.62 Å². The van der Waals surface area contributed by atoms with E-state index in [0.717, 1.165) is 0 Å². The molecule has 8 heteroatoms. The molecule has 1 heterocycles. The molecule has 1 aliphatic rings. The Bertz CT molecular complexity index is 673. The van der Waals surface area contributed by atoms with Crippen LogP contribution in [0, 0.1) is 0 Å². The van der Waals surface area contributed by atoms with Crippen molar-refractivity contribution in [1.29, 1.82) is 0 Å². The molecule has 0 bridgehead atoms. The van der Waals surface area contributed by atoms with E-state index in [2.05, 4.69) is 5.32 Å². The molecule has 1 aromatic carbocycles. The Balaban J connectivity index is 1.64. The molecule has 1 aliphatic heterocycles. The summed E-state index contributed by atoms with van der Waals surface area (Å²) in [4.78, 5) is 12.0. The minimum absolute atomic E-state index is 0.0282. The first kappa shape index (κ1) is 20.0. The van der Waals surface area contributed by atoms with Gasteiger partial charge in [-0.3, -0.25) is 4.79 Å². The highest BCUT2D eigenvalue weighted by atomic mass is 35.5. The maximum absolute atomic E-state index is 12.0. The van der Waals surface area contributed by atoms with Crippen molar-refractivity contribution in [3.05, 3.63) is 29.3 Å². The molecule has 2 rings (SSSR count). The fraction of sp³-hybridized carbons (Fsp3) is 0.588. The summed E-state index contributed by atoms with van der Waals surface area (Å²) in [5.74, 6) is 0.712. The largest absolute Gasteiger partial charge is 0.492 e. The van der Waals surface area contributed by atoms with Crippen LogP contribution in [0.4, 0.5) is 0 Å². The van der Waals surface area contributed by atoms with Crippen molar-refractivity contribution in [3.8, 4) is 5.75 Å². The second kappa shape index (κ2) is 9.40. The molecule has 0 aromatic heterocycles. The zero-order valence-electron chi connectivity index (χ0n) is 14.4. The summed E-state index contributed by atoms with van der Waals surface area (Å²) >= 11 is 6.00. The van der Waals surface area contributed by atoms with Gasteiger partial charge in [0, 0.05) is 25.6 Å². The molecule has 140 valence electrons. The number of ether oxygens (including phenoxy) is 1. The standard InChI is InChI=1S/C17H25ClN2O4S/c1-2-25(22,23)20-11-9-14(10-12-20)19-17(21)8-5-13-24-16-7-4-3-6-15(16)18/h3-4,6-7,14H,2,5,8-13H2,1H3,(H,19,21). The van der Waals surface area contributed by atoms with E-state index in [0.29, 0.717) is 56.2 Å². The molecule has 1 aromatic rings. The second-order valence-corrected chi connectivity index (χ2v) is 8.69. The molecular weight excluding hydrogens is 364 g/mol. The van der Waals surface area contributed by atoms with Crippen LogP contribution in [0.2, 0.25) is 5.02 Å². The van der Waals surface area contributed by atoms with Gasteiger partial charge in [0.2, 0.25) is 15.9 Å². The Labute approximate surface area is 154 Å². The van der Waals surface area contributed by atoms with E-state index in [1.807, 2.05) is 12.1 Å². The molecule has 0 saturated carbocycles. The first-order valence-electron chi connectivity index (χ1n) is 8.57. The van der Waals surface area contributed by atoms with Crippen LogP contribution in [0.15, 0.2) is 24.3 Å². The molecule has 25 heavy (non-hydrogen) atoms. The number of halogens is 1. The van der Waals surface area contributed by atoms with E-state index in [4.69, 9.17) is 16.3 Å². The van der Waals surface area contributed by atoms with Crippen molar-refractivity contribution in [2.45, 2.75) is 38.6 Å². The summed E-state index contributed by atoms with van der Waals surface area (Å²) in [7, 11) is -3.13. The average Bonchev–Trinajstić information content (AvgIpc) is 2.60. The van der Waals surface area contributed by atoms with Crippen LogP contribution < -0.4 is 10.1 Å². The molecule has 1 N–H and O–H groups in total. The highest BCUT2D eigenvalue weighted by molar-refractivity contribution is 7.89. The molecule has 1 saturated heterocycles. The number of carbonyl (C=O) groups is 1. The lowest BCUT2D eigenvalue weighted by Crippen LogP contribution is -2.46. The second-order valence-electron chi connectivity index (χ2n) is 6.02. The molecule has 0 aliphatic carbocycles. The van der Waals surface area contributed by atoms with Crippen LogP contribution >= 0.6 is 11.6 Å². The zero-order chi connectivity index (χ0) is 18.3. The van der Waals surface area contributed by atoms with Gasteiger partial charge in [-0.25, -0.2) is 12.7 Å². The lowest BCUT2D eigenvalue weighted by atomic mass is 10.1. The molecule has 6 nitrogen and oxygen atoms in total. The molecule has 1 fully saturated rings. The lowest BCUT2D eigenvalue weighted by molar-refractivity contribution is -0.122. The number of hydrogen-bond donors (Lipinski definition) is 1. The van der Waals surface area contributed by atoms with Crippen LogP contribution in [0.3, 0.4) is 0 Å². The van der Waals surface area contributed by atoms with Gasteiger partial charge >= 0.3 is 0 Å². The van der Waals surface area contributed by atoms with Gasteiger partial charge in [-0.15, -0.1) is 0 Å². The summed E-state index contributed by atoms with van der Waals surface area (Å²) in [5.41, 5.74) is 0. The van der Waals surface area contributed by atoms with Crippen LogP contribution in [-0.2, 0) is 14.8 Å². The van der Waals surface area contributed by atoms with E-state index in [9.17, 15) is 13.2 Å². The number of para-hydroxylation sites is 1. The summed E-state index contributed by atoms with van der Waals surface area (Å²) < 4.78 is 30.7. The van der Waals surface area contributed by atoms with Crippen molar-refractivity contribution in [2.24, 2.45) is 0 Å². The first-order valence-corrected chi connectivity index (χ1v) is 10.6. The SMILES string of the molecule is CCS(=O)(=O)N1CCC(NC(=O)CCCOc2ccccc2Cl)CC1. The van der Waals surface area contributed by atoms with Gasteiger partial charge in [-0.2, -0.15) is 0 Å². The lowest BCUT2D eigenvalue weighted by Gasteiger charge is -2.31. The minimum Gasteiger partial charge on any atom is -0.492 e. The fourth-order valence-electron chi connectivity index (χ4n) is 2.74. The highest BCUT2D eigenvalue weighted by Crippen LogP contribution is 2.23. The Morgan fingerprint density at radius 2 is 2.00 bits per heavy atom. The quantitative estimate of drug-likeness (QED) is 0.694. The van der Waals surface area contributed by atoms with Gasteiger partial charge in [-0.1, -0.05) is 23.7 Å². The van der Waals surface area contributed by atoms with Gasteiger partial charge in [0.1, 0.15) is 5.75 Å². The zero-order valence-corrected chi connectivity index (χ0v) is 16.0. The third kappa shape index (κ3) is 6.17. The third-order valence-corrected chi connectivity index (χ3v) is 6.41. The summed E-state index contributed by atoms with van der Waals surface area (Å²) in [5, 5.41) is 3.53. The maximum atomic E-state index is 12.0. The Hall–Kier alpha value is -1.31. The predicted molar refractivity (Wildman–Crippen MR) is 98.4 cm³/mol. The molecule has 0 unspecified atom stereocenters. The Kier molecular flexibility index (Phi) is 7.53. The third-order valence-electron chi connectivity index (χ3n) is 4.22. The van der Waals surface area contributed by atoms with Crippen molar-refractivity contribution in [2.75, 3.05) is 25.4 Å². The van der Waals surface area contributed by atoms with E-state index < -0.39 is 10.0 Å². The van der Waals surface area contributed by atoms with E-state index in [-0.39, 0.29) is 17.7 Å². The Morgan fingerprint density at radius 3 is 2.64 bits per heavy atom. The predicted octanol–water partition coefficient (Wildman–Crippen LogP) is 2.43. The normalized spacial score (nSPS) is 16.6. The Morgan fingerprint density at radius 1 is 1.32 bits per heavy atom. The van der Waals surface area contributed by atoms with Gasteiger partial charge in [0.25, 0.3) is 0 Å². The van der Waals surface area contributed by atoms with Gasteiger partial charge in [0.15, 0.2) is 0 Å². The van der Waals surface area contributed by atoms with E-state index in [1.165, 1.54) is 4.31 Å². The average molecular weight is 389 g/mol. The summed E-state index contributed by atoms with van der Waals surface area (Å²) in [6, 6.07) is 7.27. The van der Waals surface area contributed by atoms with E-state index in [1.54, 1.807) is 19.1 Å². The minimum atomic E-state index is -3.13. The molecule has 0 radical (unpaired) electrons. The number of carbonyl (C=O) groups excluding carboxylic acids is 1. The monoisotopic (exact) mass is 388 g/mol.